The number of halogens is 1. The molecule has 2 aromatic carbocycles. The SMILES string of the molecule is O=C(O)[C@@]1(C(S)c2ccc(Oc3ccc(F)cc3)cc2)C[C@H]2CC[C@@H](C1)O2. The van der Waals surface area contributed by atoms with Crippen molar-refractivity contribution in [2.45, 2.75) is 43.1 Å². The molecule has 2 aromatic rings. The van der Waals surface area contributed by atoms with Crippen LogP contribution in [-0.2, 0) is 9.53 Å². The van der Waals surface area contributed by atoms with Gasteiger partial charge in [-0.05, 0) is 67.6 Å². The molecule has 1 unspecified atom stereocenters. The highest BCUT2D eigenvalue weighted by Gasteiger charge is 2.53. The van der Waals surface area contributed by atoms with Crippen LogP contribution in [0.4, 0.5) is 4.39 Å². The van der Waals surface area contributed by atoms with E-state index in [0.29, 0.717) is 24.3 Å². The average molecular weight is 388 g/mol. The Labute approximate surface area is 162 Å². The van der Waals surface area contributed by atoms with E-state index in [1.807, 2.05) is 12.1 Å². The van der Waals surface area contributed by atoms with E-state index >= 15 is 0 Å². The normalized spacial score (nSPS) is 27.9. The second-order valence-corrected chi connectivity index (χ2v) is 7.87. The van der Waals surface area contributed by atoms with Crippen molar-refractivity contribution in [3.05, 3.63) is 59.9 Å². The molecule has 4 nitrogen and oxygen atoms in total. The number of carbonyl (C=O) groups is 1. The van der Waals surface area contributed by atoms with Crippen molar-refractivity contribution >= 4 is 18.6 Å². The van der Waals surface area contributed by atoms with Gasteiger partial charge >= 0.3 is 5.97 Å². The fourth-order valence-electron chi connectivity index (χ4n) is 4.17. The zero-order valence-electron chi connectivity index (χ0n) is 14.7. The van der Waals surface area contributed by atoms with Crippen LogP contribution in [0.15, 0.2) is 48.5 Å². The molecule has 142 valence electrons. The van der Waals surface area contributed by atoms with Crippen LogP contribution in [0.1, 0.15) is 36.5 Å². The minimum absolute atomic E-state index is 0.00980. The molecule has 2 aliphatic heterocycles. The van der Waals surface area contributed by atoms with Crippen LogP contribution < -0.4 is 4.74 Å². The third-order valence-electron chi connectivity index (χ3n) is 5.57. The van der Waals surface area contributed by atoms with Gasteiger partial charge < -0.3 is 14.6 Å². The molecule has 0 amide bonds. The Balaban J connectivity index is 1.53. The van der Waals surface area contributed by atoms with Gasteiger partial charge in [0.05, 0.1) is 17.6 Å². The lowest BCUT2D eigenvalue weighted by Crippen LogP contribution is -2.44. The number of carboxylic acids is 1. The summed E-state index contributed by atoms with van der Waals surface area (Å²) in [4.78, 5) is 12.2. The smallest absolute Gasteiger partial charge is 0.311 e. The lowest BCUT2D eigenvalue weighted by atomic mass is 9.72. The highest BCUT2D eigenvalue weighted by molar-refractivity contribution is 7.80. The van der Waals surface area contributed by atoms with Gasteiger partial charge in [-0.25, -0.2) is 4.39 Å². The highest BCUT2D eigenvalue weighted by Crippen LogP contribution is 2.53. The molecule has 2 bridgehead atoms. The first-order valence-electron chi connectivity index (χ1n) is 9.06. The second kappa shape index (κ2) is 7.17. The Bertz CT molecular complexity index is 809. The minimum Gasteiger partial charge on any atom is -0.481 e. The van der Waals surface area contributed by atoms with Crippen LogP contribution in [0.2, 0.25) is 0 Å². The third kappa shape index (κ3) is 3.56. The van der Waals surface area contributed by atoms with E-state index in [4.69, 9.17) is 22.1 Å². The number of ether oxygens (including phenoxy) is 2. The molecule has 6 heteroatoms. The van der Waals surface area contributed by atoms with E-state index in [-0.39, 0.29) is 18.0 Å². The van der Waals surface area contributed by atoms with E-state index < -0.39 is 16.6 Å². The fraction of sp³-hybridized carbons (Fsp3) is 0.381. The van der Waals surface area contributed by atoms with Crippen LogP contribution in [0.3, 0.4) is 0 Å². The Hall–Kier alpha value is -2.05. The highest BCUT2D eigenvalue weighted by atomic mass is 32.1. The molecule has 0 spiro atoms. The first kappa shape index (κ1) is 18.3. The molecule has 4 rings (SSSR count). The minimum atomic E-state index is -0.924. The molecule has 1 N–H and O–H groups in total. The summed E-state index contributed by atoms with van der Waals surface area (Å²) >= 11 is 4.72. The number of carboxylic acid groups (broad SMARTS) is 1. The summed E-state index contributed by atoms with van der Waals surface area (Å²) in [5.41, 5.74) is -0.0829. The lowest BCUT2D eigenvalue weighted by molar-refractivity contribution is -0.160. The molecule has 2 aliphatic rings. The molecular weight excluding hydrogens is 367 g/mol. The van der Waals surface area contributed by atoms with Crippen molar-refractivity contribution in [1.82, 2.24) is 0 Å². The van der Waals surface area contributed by atoms with Crippen molar-refractivity contribution in [3.8, 4) is 11.5 Å². The number of fused-ring (bicyclic) bond motifs is 2. The summed E-state index contributed by atoms with van der Waals surface area (Å²) < 4.78 is 24.5. The number of hydrogen-bond donors (Lipinski definition) is 2. The Morgan fingerprint density at radius 2 is 1.59 bits per heavy atom. The van der Waals surface area contributed by atoms with E-state index in [1.165, 1.54) is 12.1 Å². The van der Waals surface area contributed by atoms with Gasteiger partial charge in [-0.1, -0.05) is 12.1 Å². The van der Waals surface area contributed by atoms with Crippen LogP contribution in [0, 0.1) is 11.2 Å². The van der Waals surface area contributed by atoms with E-state index in [9.17, 15) is 14.3 Å². The van der Waals surface area contributed by atoms with Gasteiger partial charge in [-0.2, -0.15) is 12.6 Å². The predicted octanol–water partition coefficient (Wildman–Crippen LogP) is 5.00. The van der Waals surface area contributed by atoms with Gasteiger partial charge in [0.15, 0.2) is 0 Å². The van der Waals surface area contributed by atoms with Gasteiger partial charge in [0.25, 0.3) is 0 Å². The summed E-state index contributed by atoms with van der Waals surface area (Å²) in [6, 6.07) is 13.0. The van der Waals surface area contributed by atoms with Crippen molar-refractivity contribution in [2.75, 3.05) is 0 Å². The maximum atomic E-state index is 13.0. The number of aliphatic carboxylic acids is 1. The zero-order chi connectivity index (χ0) is 19.0. The molecule has 4 atom stereocenters. The quantitative estimate of drug-likeness (QED) is 0.708. The molecule has 2 heterocycles. The van der Waals surface area contributed by atoms with Crippen molar-refractivity contribution in [2.24, 2.45) is 5.41 Å². The van der Waals surface area contributed by atoms with Crippen LogP contribution in [-0.4, -0.2) is 23.3 Å². The standard InChI is InChI=1S/C21H21FO4S/c22-14-3-7-16(8-4-14)25-15-5-1-13(2-6-15)19(27)21(20(23)24)11-17-9-10-18(12-21)26-17/h1-8,17-19,27H,9-12H2,(H,23,24)/t17-,18+,19?,21+. The monoisotopic (exact) mass is 388 g/mol. The molecule has 2 fully saturated rings. The number of rotatable bonds is 5. The summed E-state index contributed by atoms with van der Waals surface area (Å²) in [6.07, 6.45) is 2.84. The summed E-state index contributed by atoms with van der Waals surface area (Å²) in [5, 5.41) is 9.57. The Morgan fingerprint density at radius 3 is 2.11 bits per heavy atom. The number of thiol groups is 1. The van der Waals surface area contributed by atoms with Crippen LogP contribution in [0.25, 0.3) is 0 Å². The van der Waals surface area contributed by atoms with Crippen molar-refractivity contribution in [3.63, 3.8) is 0 Å². The summed E-state index contributed by atoms with van der Waals surface area (Å²) in [6.45, 7) is 0. The summed E-state index contributed by atoms with van der Waals surface area (Å²) in [7, 11) is 0. The molecule has 27 heavy (non-hydrogen) atoms. The molecule has 2 saturated heterocycles. The average Bonchev–Trinajstić information content (AvgIpc) is 3.01. The van der Waals surface area contributed by atoms with E-state index in [1.54, 1.807) is 24.3 Å². The number of benzene rings is 2. The molecule has 0 radical (unpaired) electrons. The largest absolute Gasteiger partial charge is 0.481 e. The molecule has 0 aromatic heterocycles. The first-order valence-corrected chi connectivity index (χ1v) is 9.58. The van der Waals surface area contributed by atoms with Gasteiger partial charge in [-0.3, -0.25) is 4.79 Å². The van der Waals surface area contributed by atoms with Crippen LogP contribution >= 0.6 is 12.6 Å². The Morgan fingerprint density at radius 1 is 1.07 bits per heavy atom. The van der Waals surface area contributed by atoms with Crippen molar-refractivity contribution in [1.29, 1.82) is 0 Å². The maximum Gasteiger partial charge on any atom is 0.311 e. The topological polar surface area (TPSA) is 55.8 Å². The molecular formula is C21H21FO4S. The molecule has 0 aliphatic carbocycles. The third-order valence-corrected chi connectivity index (χ3v) is 6.37. The fourth-order valence-corrected chi connectivity index (χ4v) is 4.66. The summed E-state index contributed by atoms with van der Waals surface area (Å²) in [5.74, 6) is 0.00578. The first-order chi connectivity index (χ1) is 13.0. The predicted molar refractivity (Wildman–Crippen MR) is 102 cm³/mol. The zero-order valence-corrected chi connectivity index (χ0v) is 15.6. The van der Waals surface area contributed by atoms with Gasteiger partial charge in [0, 0.05) is 5.25 Å². The van der Waals surface area contributed by atoms with Gasteiger partial charge in [0.2, 0.25) is 0 Å². The molecule has 0 saturated carbocycles. The van der Waals surface area contributed by atoms with Gasteiger partial charge in [-0.15, -0.1) is 0 Å². The number of hydrogen-bond acceptors (Lipinski definition) is 4. The van der Waals surface area contributed by atoms with Crippen molar-refractivity contribution < 1.29 is 23.8 Å². The second-order valence-electron chi connectivity index (χ2n) is 7.35. The van der Waals surface area contributed by atoms with Gasteiger partial charge in [0.1, 0.15) is 17.3 Å². The Kier molecular flexibility index (Phi) is 4.86. The maximum absolute atomic E-state index is 13.0. The van der Waals surface area contributed by atoms with Crippen LogP contribution in [0.5, 0.6) is 11.5 Å². The van der Waals surface area contributed by atoms with E-state index in [2.05, 4.69) is 0 Å². The van der Waals surface area contributed by atoms with E-state index in [0.717, 1.165) is 18.4 Å². The lowest BCUT2D eigenvalue weighted by Gasteiger charge is -2.41.